The molecule has 0 radical (unpaired) electrons. The second-order valence-corrected chi connectivity index (χ2v) is 6.29. The molecule has 2 amide bonds. The van der Waals surface area contributed by atoms with Crippen LogP contribution in [-0.4, -0.2) is 47.2 Å². The summed E-state index contributed by atoms with van der Waals surface area (Å²) in [7, 11) is 0. The molecule has 2 saturated heterocycles. The van der Waals surface area contributed by atoms with E-state index >= 15 is 0 Å². The maximum atomic E-state index is 12.5. The van der Waals surface area contributed by atoms with E-state index in [1.54, 1.807) is 0 Å². The van der Waals surface area contributed by atoms with Crippen molar-refractivity contribution in [3.8, 4) is 0 Å². The van der Waals surface area contributed by atoms with Gasteiger partial charge in [0, 0.05) is 13.0 Å². The first-order chi connectivity index (χ1) is 10.6. The van der Waals surface area contributed by atoms with Crippen molar-refractivity contribution in [1.29, 1.82) is 0 Å². The van der Waals surface area contributed by atoms with Crippen LogP contribution in [0.3, 0.4) is 0 Å². The molecule has 1 N–H and O–H groups in total. The van der Waals surface area contributed by atoms with Crippen LogP contribution in [0.15, 0.2) is 30.3 Å². The minimum absolute atomic E-state index is 0.0515. The van der Waals surface area contributed by atoms with Crippen LogP contribution < -0.4 is 0 Å². The highest BCUT2D eigenvalue weighted by atomic mass is 16.5. The lowest BCUT2D eigenvalue weighted by Crippen LogP contribution is -2.50. The molecule has 1 aromatic carbocycles. The zero-order chi connectivity index (χ0) is 15.6. The Morgan fingerprint density at radius 2 is 2.05 bits per heavy atom. The summed E-state index contributed by atoms with van der Waals surface area (Å²) in [5.41, 5.74) is -0.0409. The number of benzene rings is 1. The standard InChI is InChI=1S/C17H21NO4/c19-15-10-14(9-13-5-2-1-3-6-13)16(20)18(15)11-17(21)7-4-8-22-12-17/h1-3,5-6,14,21H,4,7-12H2. The smallest absolute Gasteiger partial charge is 0.233 e. The molecule has 118 valence electrons. The molecule has 0 aromatic heterocycles. The van der Waals surface area contributed by atoms with Crippen LogP contribution in [0.25, 0.3) is 0 Å². The van der Waals surface area contributed by atoms with E-state index in [4.69, 9.17) is 4.74 Å². The third-order valence-electron chi connectivity index (χ3n) is 4.42. The van der Waals surface area contributed by atoms with E-state index < -0.39 is 5.60 Å². The number of amides is 2. The van der Waals surface area contributed by atoms with Crippen molar-refractivity contribution in [2.24, 2.45) is 5.92 Å². The summed E-state index contributed by atoms with van der Waals surface area (Å²) in [5.74, 6) is -0.680. The number of ether oxygens (including phenoxy) is 1. The Kier molecular flexibility index (Phi) is 4.27. The first-order valence-corrected chi connectivity index (χ1v) is 7.76. The van der Waals surface area contributed by atoms with E-state index in [0.717, 1.165) is 12.0 Å². The number of aliphatic hydroxyl groups is 1. The number of nitrogens with zero attached hydrogens (tertiary/aromatic N) is 1. The van der Waals surface area contributed by atoms with E-state index in [1.807, 2.05) is 30.3 Å². The molecule has 2 unspecified atom stereocenters. The van der Waals surface area contributed by atoms with Crippen molar-refractivity contribution in [3.05, 3.63) is 35.9 Å². The van der Waals surface area contributed by atoms with Crippen LogP contribution in [0.2, 0.25) is 0 Å². The molecule has 3 rings (SSSR count). The van der Waals surface area contributed by atoms with Gasteiger partial charge in [0.25, 0.3) is 0 Å². The number of hydrogen-bond acceptors (Lipinski definition) is 4. The maximum Gasteiger partial charge on any atom is 0.233 e. The number of β-amino-alcohol motifs (C(OH)–C–C–N with tert-alkyl or cyclic N) is 1. The first kappa shape index (κ1) is 15.2. The lowest BCUT2D eigenvalue weighted by Gasteiger charge is -2.34. The maximum absolute atomic E-state index is 12.5. The Hall–Kier alpha value is -1.72. The van der Waals surface area contributed by atoms with Crippen molar-refractivity contribution in [2.75, 3.05) is 19.8 Å². The molecule has 2 aliphatic heterocycles. The van der Waals surface area contributed by atoms with Gasteiger partial charge in [0.2, 0.25) is 11.8 Å². The van der Waals surface area contributed by atoms with Gasteiger partial charge in [-0.2, -0.15) is 0 Å². The van der Waals surface area contributed by atoms with Crippen molar-refractivity contribution in [2.45, 2.75) is 31.3 Å². The summed E-state index contributed by atoms with van der Waals surface area (Å²) in [4.78, 5) is 25.9. The Morgan fingerprint density at radius 1 is 1.27 bits per heavy atom. The van der Waals surface area contributed by atoms with Crippen LogP contribution in [0.5, 0.6) is 0 Å². The highest BCUT2D eigenvalue weighted by molar-refractivity contribution is 6.03. The largest absolute Gasteiger partial charge is 0.386 e. The molecule has 0 spiro atoms. The van der Waals surface area contributed by atoms with Crippen LogP contribution >= 0.6 is 0 Å². The summed E-state index contributed by atoms with van der Waals surface area (Å²) in [5, 5.41) is 10.5. The number of carbonyl (C=O) groups excluding carboxylic acids is 2. The second kappa shape index (κ2) is 6.18. The van der Waals surface area contributed by atoms with Crippen molar-refractivity contribution in [1.82, 2.24) is 4.90 Å². The SMILES string of the molecule is O=C1CC(Cc2ccccc2)C(=O)N1CC1(O)CCCOC1. The number of likely N-dealkylation sites (tertiary alicyclic amines) is 1. The summed E-state index contributed by atoms with van der Waals surface area (Å²) in [6.07, 6.45) is 2.11. The summed E-state index contributed by atoms with van der Waals surface area (Å²) < 4.78 is 5.29. The average Bonchev–Trinajstić information content (AvgIpc) is 2.76. The Bertz CT molecular complexity index is 551. The molecule has 2 atom stereocenters. The molecule has 2 aliphatic rings. The number of hydrogen-bond donors (Lipinski definition) is 1. The third kappa shape index (κ3) is 3.20. The Balaban J connectivity index is 1.66. The zero-order valence-corrected chi connectivity index (χ0v) is 12.5. The van der Waals surface area contributed by atoms with E-state index in [1.165, 1.54) is 4.90 Å². The second-order valence-electron chi connectivity index (χ2n) is 6.29. The molecule has 5 heteroatoms. The van der Waals surface area contributed by atoms with E-state index in [-0.39, 0.29) is 37.3 Å². The molecular formula is C17H21NO4. The summed E-state index contributed by atoms with van der Waals surface area (Å²) in [6.45, 7) is 0.865. The van der Waals surface area contributed by atoms with Gasteiger partial charge in [-0.15, -0.1) is 0 Å². The molecule has 5 nitrogen and oxygen atoms in total. The molecule has 0 saturated carbocycles. The van der Waals surface area contributed by atoms with Gasteiger partial charge in [-0.25, -0.2) is 0 Å². The third-order valence-corrected chi connectivity index (χ3v) is 4.42. The van der Waals surface area contributed by atoms with Gasteiger partial charge in [-0.3, -0.25) is 14.5 Å². The average molecular weight is 303 g/mol. The predicted molar refractivity (Wildman–Crippen MR) is 80.0 cm³/mol. The molecule has 1 aromatic rings. The van der Waals surface area contributed by atoms with Crippen LogP contribution in [0, 0.1) is 5.92 Å². The molecule has 2 heterocycles. The molecule has 22 heavy (non-hydrogen) atoms. The van der Waals surface area contributed by atoms with Gasteiger partial charge >= 0.3 is 0 Å². The molecule has 2 fully saturated rings. The van der Waals surface area contributed by atoms with Gasteiger partial charge in [0.1, 0.15) is 5.60 Å². The van der Waals surface area contributed by atoms with Crippen molar-refractivity contribution in [3.63, 3.8) is 0 Å². The van der Waals surface area contributed by atoms with Gasteiger partial charge in [-0.1, -0.05) is 30.3 Å². The normalized spacial score (nSPS) is 29.1. The number of rotatable bonds is 4. The van der Waals surface area contributed by atoms with Crippen molar-refractivity contribution < 1.29 is 19.4 Å². The quantitative estimate of drug-likeness (QED) is 0.847. The van der Waals surface area contributed by atoms with E-state index in [2.05, 4.69) is 0 Å². The topological polar surface area (TPSA) is 66.8 Å². The Labute approximate surface area is 129 Å². The summed E-state index contributed by atoms with van der Waals surface area (Å²) in [6, 6.07) is 9.70. The van der Waals surface area contributed by atoms with Gasteiger partial charge in [0.15, 0.2) is 0 Å². The van der Waals surface area contributed by atoms with Crippen LogP contribution in [-0.2, 0) is 20.7 Å². The highest BCUT2D eigenvalue weighted by Crippen LogP contribution is 2.28. The minimum Gasteiger partial charge on any atom is -0.386 e. The minimum atomic E-state index is -1.09. The lowest BCUT2D eigenvalue weighted by atomic mass is 9.95. The van der Waals surface area contributed by atoms with Gasteiger partial charge in [-0.05, 0) is 24.8 Å². The van der Waals surface area contributed by atoms with Crippen molar-refractivity contribution >= 4 is 11.8 Å². The number of carbonyl (C=O) groups is 2. The Morgan fingerprint density at radius 3 is 2.73 bits per heavy atom. The van der Waals surface area contributed by atoms with Gasteiger partial charge in [0.05, 0.1) is 19.1 Å². The predicted octanol–water partition coefficient (Wildman–Crippen LogP) is 1.15. The monoisotopic (exact) mass is 303 g/mol. The number of imide groups is 1. The van der Waals surface area contributed by atoms with E-state index in [9.17, 15) is 14.7 Å². The highest BCUT2D eigenvalue weighted by Gasteiger charge is 2.43. The molecule has 0 aliphatic carbocycles. The molecular weight excluding hydrogens is 282 g/mol. The fourth-order valence-electron chi connectivity index (χ4n) is 3.23. The van der Waals surface area contributed by atoms with E-state index in [0.29, 0.717) is 19.4 Å². The lowest BCUT2D eigenvalue weighted by molar-refractivity contribution is -0.149. The molecule has 0 bridgehead atoms. The van der Waals surface area contributed by atoms with Crippen LogP contribution in [0.1, 0.15) is 24.8 Å². The fraction of sp³-hybridized carbons (Fsp3) is 0.529. The zero-order valence-electron chi connectivity index (χ0n) is 12.5. The van der Waals surface area contributed by atoms with Crippen LogP contribution in [0.4, 0.5) is 0 Å². The first-order valence-electron chi connectivity index (χ1n) is 7.76. The summed E-state index contributed by atoms with van der Waals surface area (Å²) >= 11 is 0. The fourth-order valence-corrected chi connectivity index (χ4v) is 3.23. The van der Waals surface area contributed by atoms with Gasteiger partial charge < -0.3 is 9.84 Å².